The van der Waals surface area contributed by atoms with E-state index >= 15 is 0 Å². The Balaban J connectivity index is 1.75. The van der Waals surface area contributed by atoms with Crippen molar-refractivity contribution in [2.75, 3.05) is 31.9 Å². The topological polar surface area (TPSA) is 95.3 Å². The molecule has 3 rings (SSSR count). The Labute approximate surface area is 112 Å². The van der Waals surface area contributed by atoms with Crippen LogP contribution in [0.4, 0.5) is 5.82 Å². The van der Waals surface area contributed by atoms with Crippen LogP contribution in [0.15, 0.2) is 11.1 Å². The Bertz CT molecular complexity index is 549. The lowest BCUT2D eigenvalue weighted by molar-refractivity contribution is 0.251. The molecule has 106 valence electrons. The van der Waals surface area contributed by atoms with Crippen LogP contribution in [0, 0.1) is 0 Å². The number of nitrogens with two attached hydrogens (primary N) is 1. The number of aromatic nitrogens is 2. The van der Waals surface area contributed by atoms with Gasteiger partial charge in [-0.05, 0) is 32.4 Å². The minimum atomic E-state index is -3.50. The van der Waals surface area contributed by atoms with E-state index in [9.17, 15) is 8.42 Å². The summed E-state index contributed by atoms with van der Waals surface area (Å²) in [5.41, 5.74) is 5.62. The molecule has 1 unspecified atom stereocenters. The molecule has 0 amide bonds. The molecule has 2 fully saturated rings. The average molecular weight is 285 g/mol. The molecule has 0 spiro atoms. The summed E-state index contributed by atoms with van der Waals surface area (Å²) in [6.45, 7) is 3.31. The second kappa shape index (κ2) is 4.77. The van der Waals surface area contributed by atoms with E-state index in [1.165, 1.54) is 23.3 Å². The minimum absolute atomic E-state index is 0.0922. The predicted octanol–water partition coefficient (Wildman–Crippen LogP) is -0.149. The van der Waals surface area contributed by atoms with Gasteiger partial charge in [-0.15, -0.1) is 0 Å². The minimum Gasteiger partial charge on any atom is -0.383 e. The van der Waals surface area contributed by atoms with E-state index in [1.807, 2.05) is 0 Å². The van der Waals surface area contributed by atoms with Gasteiger partial charge in [0.2, 0.25) is 10.0 Å². The number of rotatable bonds is 3. The van der Waals surface area contributed by atoms with Crippen molar-refractivity contribution in [1.29, 1.82) is 0 Å². The van der Waals surface area contributed by atoms with Gasteiger partial charge in [-0.25, -0.2) is 8.42 Å². The third kappa shape index (κ3) is 2.24. The van der Waals surface area contributed by atoms with Crippen molar-refractivity contribution in [1.82, 2.24) is 19.4 Å². The van der Waals surface area contributed by atoms with Crippen LogP contribution in [0.1, 0.15) is 19.3 Å². The number of aromatic amines is 1. The van der Waals surface area contributed by atoms with Gasteiger partial charge in [0, 0.05) is 19.1 Å². The van der Waals surface area contributed by atoms with Gasteiger partial charge in [0.05, 0.1) is 6.20 Å². The zero-order chi connectivity index (χ0) is 13.5. The first kappa shape index (κ1) is 12.9. The van der Waals surface area contributed by atoms with Crippen molar-refractivity contribution >= 4 is 15.8 Å². The fraction of sp³-hybridized carbons (Fsp3) is 0.727. The molecule has 1 aromatic rings. The van der Waals surface area contributed by atoms with E-state index in [1.54, 1.807) is 0 Å². The lowest BCUT2D eigenvalue weighted by Crippen LogP contribution is -2.37. The summed E-state index contributed by atoms with van der Waals surface area (Å²) in [5.74, 6) is 0.115. The maximum atomic E-state index is 12.4. The average Bonchev–Trinajstić information content (AvgIpc) is 3.10. The molecule has 2 saturated heterocycles. The molecule has 2 aliphatic rings. The first-order chi connectivity index (χ1) is 9.09. The summed E-state index contributed by atoms with van der Waals surface area (Å²) < 4.78 is 26.4. The molecule has 7 nitrogen and oxygen atoms in total. The number of nitrogens with zero attached hydrogens (tertiary/aromatic N) is 3. The maximum absolute atomic E-state index is 12.4. The van der Waals surface area contributed by atoms with E-state index in [0.29, 0.717) is 19.1 Å². The molecule has 0 radical (unpaired) electrons. The SMILES string of the molecule is Nc1[nH]ncc1S(=O)(=O)N1CCC(N2CCCC2)C1. The number of nitrogens with one attached hydrogen (secondary N) is 1. The maximum Gasteiger partial charge on any atom is 0.248 e. The molecule has 3 heterocycles. The monoisotopic (exact) mass is 285 g/mol. The van der Waals surface area contributed by atoms with E-state index in [0.717, 1.165) is 19.5 Å². The summed E-state index contributed by atoms with van der Waals surface area (Å²) in [7, 11) is -3.50. The lowest BCUT2D eigenvalue weighted by atomic mass is 10.2. The molecule has 3 N–H and O–H groups in total. The van der Waals surface area contributed by atoms with Crippen LogP contribution in [0.2, 0.25) is 0 Å². The van der Waals surface area contributed by atoms with E-state index < -0.39 is 10.0 Å². The van der Waals surface area contributed by atoms with Gasteiger partial charge in [-0.1, -0.05) is 0 Å². The first-order valence-electron chi connectivity index (χ1n) is 6.62. The Hall–Kier alpha value is -1.12. The first-order valence-corrected chi connectivity index (χ1v) is 8.06. The van der Waals surface area contributed by atoms with Gasteiger partial charge in [0.25, 0.3) is 0 Å². The van der Waals surface area contributed by atoms with Crippen LogP contribution in [-0.2, 0) is 10.0 Å². The molecular weight excluding hydrogens is 266 g/mol. The van der Waals surface area contributed by atoms with Crippen LogP contribution in [-0.4, -0.2) is 60.0 Å². The second-order valence-corrected chi connectivity index (χ2v) is 7.10. The zero-order valence-corrected chi connectivity index (χ0v) is 11.6. The third-order valence-electron chi connectivity index (χ3n) is 4.03. The van der Waals surface area contributed by atoms with E-state index in [-0.39, 0.29) is 10.7 Å². The molecule has 1 aromatic heterocycles. The summed E-state index contributed by atoms with van der Waals surface area (Å²) in [6, 6.07) is 0.352. The largest absolute Gasteiger partial charge is 0.383 e. The molecule has 0 aromatic carbocycles. The van der Waals surface area contributed by atoms with Crippen LogP contribution in [0.25, 0.3) is 0 Å². The molecular formula is C11H19N5O2S. The van der Waals surface area contributed by atoms with Crippen LogP contribution >= 0.6 is 0 Å². The Morgan fingerprint density at radius 2 is 2.05 bits per heavy atom. The summed E-state index contributed by atoms with van der Waals surface area (Å²) in [4.78, 5) is 2.49. The molecule has 8 heteroatoms. The van der Waals surface area contributed by atoms with Crippen LogP contribution < -0.4 is 5.73 Å². The summed E-state index contributed by atoms with van der Waals surface area (Å²) in [5, 5.41) is 6.17. The highest BCUT2D eigenvalue weighted by molar-refractivity contribution is 7.89. The van der Waals surface area contributed by atoms with Gasteiger partial charge in [-0.3, -0.25) is 10.00 Å². The fourth-order valence-corrected chi connectivity index (χ4v) is 4.47. The zero-order valence-electron chi connectivity index (χ0n) is 10.7. The van der Waals surface area contributed by atoms with Crippen LogP contribution in [0.3, 0.4) is 0 Å². The number of H-pyrrole nitrogens is 1. The van der Waals surface area contributed by atoms with Crippen molar-refractivity contribution in [2.24, 2.45) is 0 Å². The van der Waals surface area contributed by atoms with Crippen molar-refractivity contribution < 1.29 is 8.42 Å². The van der Waals surface area contributed by atoms with Gasteiger partial charge < -0.3 is 5.73 Å². The molecule has 1 atom stereocenters. The normalized spacial score (nSPS) is 26.2. The summed E-state index contributed by atoms with van der Waals surface area (Å²) >= 11 is 0. The number of anilines is 1. The fourth-order valence-electron chi connectivity index (χ4n) is 2.96. The van der Waals surface area contributed by atoms with Gasteiger partial charge in [0.15, 0.2) is 0 Å². The molecule has 19 heavy (non-hydrogen) atoms. The smallest absolute Gasteiger partial charge is 0.248 e. The highest BCUT2D eigenvalue weighted by Crippen LogP contribution is 2.27. The standard InChI is InChI=1S/C11H19N5O2S/c12-11-10(7-13-14-11)19(17,18)16-6-3-9(8-16)15-4-1-2-5-15/h7,9H,1-6,8H2,(H3,12,13,14). The third-order valence-corrected chi connectivity index (χ3v) is 5.93. The number of likely N-dealkylation sites (tertiary alicyclic amines) is 1. The highest BCUT2D eigenvalue weighted by atomic mass is 32.2. The van der Waals surface area contributed by atoms with Crippen molar-refractivity contribution in [3.63, 3.8) is 0 Å². The molecule has 0 aliphatic carbocycles. The van der Waals surface area contributed by atoms with Crippen LogP contribution in [0.5, 0.6) is 0 Å². The second-order valence-electron chi connectivity index (χ2n) is 5.20. The van der Waals surface area contributed by atoms with Gasteiger partial charge in [0.1, 0.15) is 10.7 Å². The predicted molar refractivity (Wildman–Crippen MR) is 71.0 cm³/mol. The molecule has 0 saturated carbocycles. The Morgan fingerprint density at radius 3 is 2.68 bits per heavy atom. The quantitative estimate of drug-likeness (QED) is 0.805. The van der Waals surface area contributed by atoms with E-state index in [2.05, 4.69) is 15.1 Å². The van der Waals surface area contributed by atoms with E-state index in [4.69, 9.17) is 5.73 Å². The number of hydrogen-bond donors (Lipinski definition) is 2. The Kier molecular flexibility index (Phi) is 3.23. The van der Waals surface area contributed by atoms with Crippen molar-refractivity contribution in [2.45, 2.75) is 30.2 Å². The van der Waals surface area contributed by atoms with Crippen molar-refractivity contribution in [3.05, 3.63) is 6.20 Å². The number of sulfonamides is 1. The Morgan fingerprint density at radius 1 is 1.32 bits per heavy atom. The summed E-state index contributed by atoms with van der Waals surface area (Å²) in [6.07, 6.45) is 4.63. The van der Waals surface area contributed by atoms with Crippen molar-refractivity contribution in [3.8, 4) is 0 Å². The highest BCUT2D eigenvalue weighted by Gasteiger charge is 2.37. The molecule has 0 bridgehead atoms. The lowest BCUT2D eigenvalue weighted by Gasteiger charge is -2.23. The molecule has 2 aliphatic heterocycles. The number of hydrogen-bond acceptors (Lipinski definition) is 5. The number of nitrogen functional groups attached to an aromatic ring is 1. The van der Waals surface area contributed by atoms with Gasteiger partial charge >= 0.3 is 0 Å². The van der Waals surface area contributed by atoms with Gasteiger partial charge in [-0.2, -0.15) is 9.40 Å².